The van der Waals surface area contributed by atoms with Gasteiger partial charge in [-0.3, -0.25) is 5.84 Å². The van der Waals surface area contributed by atoms with Crippen LogP contribution in [-0.2, 0) is 0 Å². The lowest BCUT2D eigenvalue weighted by Gasteiger charge is -1.99. The maximum Gasteiger partial charge on any atom is 0.123 e. The summed E-state index contributed by atoms with van der Waals surface area (Å²) in [7, 11) is 0. The van der Waals surface area contributed by atoms with Gasteiger partial charge in [-0.05, 0) is 29.3 Å². The third-order valence-corrected chi connectivity index (χ3v) is 1.60. The molecule has 13 heavy (non-hydrogen) atoms. The van der Waals surface area contributed by atoms with E-state index < -0.39 is 0 Å². The molecule has 1 rings (SSSR count). The van der Waals surface area contributed by atoms with Crippen LogP contribution in [0.1, 0.15) is 5.56 Å². The average Bonchev–Trinajstić information content (AvgIpc) is 2.15. The second-order valence-corrected chi connectivity index (χ2v) is 2.53. The molecular formula is C10H11FN2. The summed E-state index contributed by atoms with van der Waals surface area (Å²) in [5, 5.41) is 0. The highest BCUT2D eigenvalue weighted by molar-refractivity contribution is 5.71. The van der Waals surface area contributed by atoms with Gasteiger partial charge in [0.05, 0.1) is 0 Å². The molecule has 1 aromatic carbocycles. The Labute approximate surface area is 76.5 Å². The third-order valence-electron chi connectivity index (χ3n) is 1.60. The van der Waals surface area contributed by atoms with Crippen LogP contribution >= 0.6 is 0 Å². The summed E-state index contributed by atoms with van der Waals surface area (Å²) < 4.78 is 12.5. The smallest absolute Gasteiger partial charge is 0.123 e. The number of nitrogens with two attached hydrogens (primary N) is 1. The minimum Gasteiger partial charge on any atom is -0.331 e. The van der Waals surface area contributed by atoms with Gasteiger partial charge in [-0.15, -0.1) is 0 Å². The zero-order valence-electron chi connectivity index (χ0n) is 7.13. The van der Waals surface area contributed by atoms with E-state index >= 15 is 0 Å². The number of halogens is 1. The Bertz CT molecular complexity index is 314. The Hall–Kier alpha value is -1.61. The van der Waals surface area contributed by atoms with Crippen LogP contribution in [-0.4, -0.2) is 0 Å². The molecule has 0 heterocycles. The third kappa shape index (κ3) is 2.72. The van der Waals surface area contributed by atoms with Gasteiger partial charge in [0.25, 0.3) is 0 Å². The molecule has 0 radical (unpaired) electrons. The van der Waals surface area contributed by atoms with Gasteiger partial charge >= 0.3 is 0 Å². The molecule has 0 bridgehead atoms. The summed E-state index contributed by atoms with van der Waals surface area (Å²) in [6, 6.07) is 6.12. The lowest BCUT2D eigenvalue weighted by molar-refractivity contribution is 0.627. The van der Waals surface area contributed by atoms with Crippen LogP contribution in [0.3, 0.4) is 0 Å². The number of allylic oxidation sites excluding steroid dienone is 2. The largest absolute Gasteiger partial charge is 0.331 e. The number of rotatable bonds is 3. The minimum absolute atomic E-state index is 0.252. The van der Waals surface area contributed by atoms with Crippen LogP contribution in [0.5, 0.6) is 0 Å². The number of nitrogens with one attached hydrogen (secondary N) is 1. The Morgan fingerprint density at radius 2 is 2.00 bits per heavy atom. The van der Waals surface area contributed by atoms with Gasteiger partial charge in [0.15, 0.2) is 0 Å². The predicted octanol–water partition coefficient (Wildman–Crippen LogP) is 1.82. The Balaban J connectivity index is 2.78. The maximum atomic E-state index is 12.5. The van der Waals surface area contributed by atoms with Crippen LogP contribution in [0.2, 0.25) is 0 Å². The highest BCUT2D eigenvalue weighted by Gasteiger charge is 1.94. The van der Waals surface area contributed by atoms with Crippen molar-refractivity contribution in [1.82, 2.24) is 5.43 Å². The summed E-state index contributed by atoms with van der Waals surface area (Å²) >= 11 is 0. The first-order chi connectivity index (χ1) is 6.24. The van der Waals surface area contributed by atoms with E-state index in [9.17, 15) is 4.39 Å². The predicted molar refractivity (Wildman–Crippen MR) is 51.9 cm³/mol. The first-order valence-corrected chi connectivity index (χ1v) is 3.81. The van der Waals surface area contributed by atoms with Gasteiger partial charge in [-0.1, -0.05) is 18.7 Å². The van der Waals surface area contributed by atoms with E-state index in [0.717, 1.165) is 11.1 Å². The molecule has 1 aromatic rings. The van der Waals surface area contributed by atoms with Crippen molar-refractivity contribution in [3.05, 3.63) is 54.5 Å². The van der Waals surface area contributed by atoms with Gasteiger partial charge in [0.1, 0.15) is 5.82 Å². The van der Waals surface area contributed by atoms with Crippen LogP contribution in [0.4, 0.5) is 4.39 Å². The summed E-state index contributed by atoms with van der Waals surface area (Å²) in [5.74, 6) is 4.79. The summed E-state index contributed by atoms with van der Waals surface area (Å²) in [5.41, 5.74) is 4.01. The standard InChI is InChI=1S/C10H11FN2/c1-8(6-7-13-12)9-2-4-10(11)5-3-9/h2-7,13H,1,12H2/b7-6-. The molecule has 3 heteroatoms. The van der Waals surface area contributed by atoms with Crippen LogP contribution in [0, 0.1) is 5.82 Å². The van der Waals surface area contributed by atoms with Crippen molar-refractivity contribution in [2.75, 3.05) is 0 Å². The van der Waals surface area contributed by atoms with Crippen molar-refractivity contribution in [3.8, 4) is 0 Å². The molecular weight excluding hydrogens is 167 g/mol. The van der Waals surface area contributed by atoms with Crippen molar-refractivity contribution >= 4 is 5.57 Å². The molecule has 3 N–H and O–H groups in total. The quantitative estimate of drug-likeness (QED) is 0.421. The van der Waals surface area contributed by atoms with Crippen LogP contribution in [0.25, 0.3) is 5.57 Å². The van der Waals surface area contributed by atoms with Crippen molar-refractivity contribution in [1.29, 1.82) is 0 Å². The highest BCUT2D eigenvalue weighted by atomic mass is 19.1. The molecule has 0 aliphatic carbocycles. The van der Waals surface area contributed by atoms with E-state index in [2.05, 4.69) is 12.0 Å². The fraction of sp³-hybridized carbons (Fsp3) is 0. The topological polar surface area (TPSA) is 38.0 Å². The van der Waals surface area contributed by atoms with Gasteiger partial charge in [-0.25, -0.2) is 4.39 Å². The Morgan fingerprint density at radius 3 is 2.54 bits per heavy atom. The average molecular weight is 178 g/mol. The second-order valence-electron chi connectivity index (χ2n) is 2.53. The molecule has 0 aliphatic rings. The second kappa shape index (κ2) is 4.42. The molecule has 0 saturated carbocycles. The lowest BCUT2D eigenvalue weighted by Crippen LogP contribution is -2.12. The molecule has 0 saturated heterocycles. The zero-order valence-corrected chi connectivity index (χ0v) is 7.13. The number of hydrazine groups is 1. The van der Waals surface area contributed by atoms with E-state index in [1.54, 1.807) is 24.4 Å². The Kier molecular flexibility index (Phi) is 3.23. The monoisotopic (exact) mass is 178 g/mol. The Morgan fingerprint density at radius 1 is 1.38 bits per heavy atom. The molecule has 0 fully saturated rings. The van der Waals surface area contributed by atoms with E-state index in [1.807, 2.05) is 0 Å². The van der Waals surface area contributed by atoms with E-state index in [0.29, 0.717) is 0 Å². The van der Waals surface area contributed by atoms with Crippen LogP contribution in [0.15, 0.2) is 43.1 Å². The lowest BCUT2D eigenvalue weighted by atomic mass is 10.1. The minimum atomic E-state index is -0.252. The van der Waals surface area contributed by atoms with Gasteiger partial charge < -0.3 is 5.43 Å². The number of hydrogen-bond acceptors (Lipinski definition) is 2. The van der Waals surface area contributed by atoms with Crippen LogP contribution < -0.4 is 11.3 Å². The zero-order chi connectivity index (χ0) is 9.68. The summed E-state index contributed by atoms with van der Waals surface area (Å²) in [6.07, 6.45) is 3.28. The summed E-state index contributed by atoms with van der Waals surface area (Å²) in [6.45, 7) is 3.79. The molecule has 0 amide bonds. The van der Waals surface area contributed by atoms with E-state index in [-0.39, 0.29) is 5.82 Å². The molecule has 0 aliphatic heterocycles. The first-order valence-electron chi connectivity index (χ1n) is 3.81. The van der Waals surface area contributed by atoms with Crippen molar-refractivity contribution in [3.63, 3.8) is 0 Å². The number of benzene rings is 1. The fourth-order valence-electron chi connectivity index (χ4n) is 0.909. The molecule has 0 unspecified atom stereocenters. The highest BCUT2D eigenvalue weighted by Crippen LogP contribution is 2.13. The van der Waals surface area contributed by atoms with Gasteiger partial charge in [-0.2, -0.15) is 0 Å². The SMILES string of the molecule is C=C(/C=C\NN)c1ccc(F)cc1. The van der Waals surface area contributed by atoms with E-state index in [1.165, 1.54) is 12.1 Å². The molecule has 0 atom stereocenters. The van der Waals surface area contributed by atoms with E-state index in [4.69, 9.17) is 5.84 Å². The van der Waals surface area contributed by atoms with Crippen molar-refractivity contribution in [2.45, 2.75) is 0 Å². The maximum absolute atomic E-state index is 12.5. The van der Waals surface area contributed by atoms with Crippen molar-refractivity contribution < 1.29 is 4.39 Å². The molecule has 0 aromatic heterocycles. The molecule has 0 spiro atoms. The first kappa shape index (κ1) is 9.48. The van der Waals surface area contributed by atoms with Crippen molar-refractivity contribution in [2.24, 2.45) is 5.84 Å². The molecule has 2 nitrogen and oxygen atoms in total. The van der Waals surface area contributed by atoms with Gasteiger partial charge in [0.2, 0.25) is 0 Å². The molecule has 68 valence electrons. The normalized spacial score (nSPS) is 10.3. The van der Waals surface area contributed by atoms with Gasteiger partial charge in [0, 0.05) is 6.20 Å². The number of hydrogen-bond donors (Lipinski definition) is 2. The summed E-state index contributed by atoms with van der Waals surface area (Å²) in [4.78, 5) is 0. The fourth-order valence-corrected chi connectivity index (χ4v) is 0.909.